The summed E-state index contributed by atoms with van der Waals surface area (Å²) in [5, 5.41) is 4.99. The molecular formula is C11H15FN2O2. The molecular weight excluding hydrogens is 211 g/mol. The zero-order chi connectivity index (χ0) is 11.8. The third-order valence-electron chi connectivity index (χ3n) is 1.97. The van der Waals surface area contributed by atoms with Gasteiger partial charge in [0.2, 0.25) is 0 Å². The fourth-order valence-electron chi connectivity index (χ4n) is 1.19. The van der Waals surface area contributed by atoms with E-state index < -0.39 is 6.67 Å². The summed E-state index contributed by atoms with van der Waals surface area (Å²) in [7, 11) is 1.58. The number of hydrogen-bond acceptors (Lipinski definition) is 2. The van der Waals surface area contributed by atoms with E-state index in [1.807, 2.05) is 24.3 Å². The second-order valence-electron chi connectivity index (χ2n) is 3.15. The van der Waals surface area contributed by atoms with Gasteiger partial charge >= 0.3 is 6.03 Å². The molecule has 1 aromatic carbocycles. The maximum atomic E-state index is 11.8. The lowest BCUT2D eigenvalue weighted by Crippen LogP contribution is -2.36. The molecule has 0 aliphatic heterocycles. The molecule has 88 valence electrons. The van der Waals surface area contributed by atoms with Crippen LogP contribution in [0.25, 0.3) is 0 Å². The standard InChI is InChI=1S/C11H15FN2O2/c1-16-10-4-2-3-9(7-10)8-14-11(15)13-6-5-12/h2-4,7H,5-6,8H2,1H3,(H2,13,14,15). The van der Waals surface area contributed by atoms with Crippen LogP contribution in [0.4, 0.5) is 9.18 Å². The van der Waals surface area contributed by atoms with Gasteiger partial charge in [0.1, 0.15) is 12.4 Å². The first kappa shape index (κ1) is 12.3. The number of alkyl halides is 1. The lowest BCUT2D eigenvalue weighted by molar-refractivity contribution is 0.239. The van der Waals surface area contributed by atoms with Crippen molar-refractivity contribution < 1.29 is 13.9 Å². The fourth-order valence-corrected chi connectivity index (χ4v) is 1.19. The van der Waals surface area contributed by atoms with Crippen molar-refractivity contribution in [1.29, 1.82) is 0 Å². The van der Waals surface area contributed by atoms with Crippen molar-refractivity contribution in [2.45, 2.75) is 6.54 Å². The van der Waals surface area contributed by atoms with Gasteiger partial charge in [-0.15, -0.1) is 0 Å². The van der Waals surface area contributed by atoms with E-state index in [4.69, 9.17) is 4.74 Å². The van der Waals surface area contributed by atoms with Crippen molar-refractivity contribution in [3.05, 3.63) is 29.8 Å². The Kier molecular flexibility index (Phi) is 5.11. The predicted octanol–water partition coefficient (Wildman–Crippen LogP) is 1.46. The molecule has 1 rings (SSSR count). The molecule has 0 unspecified atom stereocenters. The molecule has 5 heteroatoms. The topological polar surface area (TPSA) is 50.4 Å². The van der Waals surface area contributed by atoms with Gasteiger partial charge in [-0.1, -0.05) is 12.1 Å². The van der Waals surface area contributed by atoms with Crippen LogP contribution >= 0.6 is 0 Å². The Bertz CT molecular complexity index is 345. The van der Waals surface area contributed by atoms with Gasteiger partial charge in [-0.3, -0.25) is 0 Å². The van der Waals surface area contributed by atoms with E-state index in [9.17, 15) is 9.18 Å². The lowest BCUT2D eigenvalue weighted by Gasteiger charge is -2.07. The van der Waals surface area contributed by atoms with Crippen LogP contribution in [0.15, 0.2) is 24.3 Å². The van der Waals surface area contributed by atoms with Crippen LogP contribution in [0, 0.1) is 0 Å². The number of nitrogens with one attached hydrogen (secondary N) is 2. The van der Waals surface area contributed by atoms with E-state index in [-0.39, 0.29) is 12.6 Å². The van der Waals surface area contributed by atoms with Crippen molar-refractivity contribution in [2.75, 3.05) is 20.3 Å². The molecule has 0 spiro atoms. The number of hydrogen-bond donors (Lipinski definition) is 2. The Morgan fingerprint density at radius 2 is 2.25 bits per heavy atom. The van der Waals surface area contributed by atoms with Gasteiger partial charge in [-0.05, 0) is 17.7 Å². The quantitative estimate of drug-likeness (QED) is 0.798. The van der Waals surface area contributed by atoms with Gasteiger partial charge in [0, 0.05) is 13.1 Å². The fraction of sp³-hybridized carbons (Fsp3) is 0.364. The van der Waals surface area contributed by atoms with Crippen LogP contribution in [0.5, 0.6) is 5.75 Å². The highest BCUT2D eigenvalue weighted by atomic mass is 19.1. The Morgan fingerprint density at radius 1 is 1.44 bits per heavy atom. The number of carbonyl (C=O) groups is 1. The molecule has 0 radical (unpaired) electrons. The molecule has 2 N–H and O–H groups in total. The molecule has 2 amide bonds. The molecule has 0 atom stereocenters. The highest BCUT2D eigenvalue weighted by Gasteiger charge is 2.00. The van der Waals surface area contributed by atoms with E-state index in [2.05, 4.69) is 10.6 Å². The summed E-state index contributed by atoms with van der Waals surface area (Å²) in [4.78, 5) is 11.1. The number of rotatable bonds is 5. The summed E-state index contributed by atoms with van der Waals surface area (Å²) < 4.78 is 16.8. The highest BCUT2D eigenvalue weighted by molar-refractivity contribution is 5.73. The molecule has 0 aromatic heterocycles. The van der Waals surface area contributed by atoms with Gasteiger partial charge in [-0.2, -0.15) is 0 Å². The van der Waals surface area contributed by atoms with Crippen molar-refractivity contribution >= 4 is 6.03 Å². The van der Waals surface area contributed by atoms with Crippen LogP contribution in [0.1, 0.15) is 5.56 Å². The van der Waals surface area contributed by atoms with Crippen molar-refractivity contribution in [3.63, 3.8) is 0 Å². The zero-order valence-corrected chi connectivity index (χ0v) is 9.13. The minimum Gasteiger partial charge on any atom is -0.497 e. The third-order valence-corrected chi connectivity index (χ3v) is 1.97. The minimum atomic E-state index is -0.563. The van der Waals surface area contributed by atoms with Crippen molar-refractivity contribution in [1.82, 2.24) is 10.6 Å². The van der Waals surface area contributed by atoms with Gasteiger partial charge in [0.05, 0.1) is 7.11 Å². The summed E-state index contributed by atoms with van der Waals surface area (Å²) in [6.45, 7) is -0.147. The van der Waals surface area contributed by atoms with E-state index >= 15 is 0 Å². The van der Waals surface area contributed by atoms with Gasteiger partial charge in [0.15, 0.2) is 0 Å². The predicted molar refractivity (Wildman–Crippen MR) is 59.2 cm³/mol. The zero-order valence-electron chi connectivity index (χ0n) is 9.13. The number of halogens is 1. The van der Waals surface area contributed by atoms with Crippen LogP contribution in [0.2, 0.25) is 0 Å². The average molecular weight is 226 g/mol. The number of methoxy groups -OCH3 is 1. The molecule has 0 aliphatic rings. The second kappa shape index (κ2) is 6.66. The molecule has 0 bridgehead atoms. The first-order valence-electron chi connectivity index (χ1n) is 4.97. The van der Waals surface area contributed by atoms with E-state index in [1.54, 1.807) is 7.11 Å². The molecule has 0 heterocycles. The number of amides is 2. The number of carbonyl (C=O) groups excluding carboxylic acids is 1. The summed E-state index contributed by atoms with van der Waals surface area (Å²) in [6.07, 6.45) is 0. The van der Waals surface area contributed by atoms with E-state index in [1.165, 1.54) is 0 Å². The normalized spacial score (nSPS) is 9.62. The Balaban J connectivity index is 2.38. The Morgan fingerprint density at radius 3 is 2.94 bits per heavy atom. The number of urea groups is 1. The van der Waals surface area contributed by atoms with Crippen LogP contribution < -0.4 is 15.4 Å². The van der Waals surface area contributed by atoms with Crippen LogP contribution in [-0.2, 0) is 6.54 Å². The number of ether oxygens (including phenoxy) is 1. The van der Waals surface area contributed by atoms with Crippen LogP contribution in [-0.4, -0.2) is 26.4 Å². The molecule has 1 aromatic rings. The van der Waals surface area contributed by atoms with Gasteiger partial charge in [-0.25, -0.2) is 9.18 Å². The highest BCUT2D eigenvalue weighted by Crippen LogP contribution is 2.11. The SMILES string of the molecule is COc1cccc(CNC(=O)NCCF)c1. The van der Waals surface area contributed by atoms with Crippen molar-refractivity contribution in [2.24, 2.45) is 0 Å². The third kappa shape index (κ3) is 4.16. The van der Waals surface area contributed by atoms with Crippen LogP contribution in [0.3, 0.4) is 0 Å². The van der Waals surface area contributed by atoms with Crippen molar-refractivity contribution in [3.8, 4) is 5.75 Å². The largest absolute Gasteiger partial charge is 0.497 e. The minimum absolute atomic E-state index is 0.0317. The Hall–Kier alpha value is -1.78. The molecule has 0 saturated heterocycles. The van der Waals surface area contributed by atoms with E-state index in [0.29, 0.717) is 6.54 Å². The first-order chi connectivity index (χ1) is 7.76. The molecule has 0 fully saturated rings. The maximum absolute atomic E-state index is 11.8. The molecule has 4 nitrogen and oxygen atoms in total. The number of benzene rings is 1. The first-order valence-corrected chi connectivity index (χ1v) is 4.97. The van der Waals surface area contributed by atoms with Gasteiger partial charge in [0.25, 0.3) is 0 Å². The molecule has 0 aliphatic carbocycles. The summed E-state index contributed by atoms with van der Waals surface area (Å²) in [5.74, 6) is 0.739. The summed E-state index contributed by atoms with van der Waals surface area (Å²) in [5.41, 5.74) is 0.926. The Labute approximate surface area is 93.8 Å². The smallest absolute Gasteiger partial charge is 0.315 e. The van der Waals surface area contributed by atoms with E-state index in [0.717, 1.165) is 11.3 Å². The molecule has 0 saturated carbocycles. The van der Waals surface area contributed by atoms with Gasteiger partial charge < -0.3 is 15.4 Å². The maximum Gasteiger partial charge on any atom is 0.315 e. The average Bonchev–Trinajstić information content (AvgIpc) is 2.34. The summed E-state index contributed by atoms with van der Waals surface area (Å²) >= 11 is 0. The second-order valence-corrected chi connectivity index (χ2v) is 3.15. The monoisotopic (exact) mass is 226 g/mol. The molecule has 16 heavy (non-hydrogen) atoms. The summed E-state index contributed by atoms with van der Waals surface area (Å²) in [6, 6.07) is 7.00. The lowest BCUT2D eigenvalue weighted by atomic mass is 10.2.